The molecule has 0 aliphatic heterocycles. The standard InChI is InChI=1S/C12H16F3N3O2/c1-11(10(19)20-2,16-8-3-4-8)7-18-6-5-9(17-18)12(13,14)15/h5-6,8,16H,3-4,7H2,1-2H3. The summed E-state index contributed by atoms with van der Waals surface area (Å²) in [5.74, 6) is -0.520. The lowest BCUT2D eigenvalue weighted by atomic mass is 10.0. The lowest BCUT2D eigenvalue weighted by Crippen LogP contribution is -2.54. The Balaban J connectivity index is 2.14. The van der Waals surface area contributed by atoms with Crippen LogP contribution in [0, 0.1) is 0 Å². The smallest absolute Gasteiger partial charge is 0.435 e. The van der Waals surface area contributed by atoms with Gasteiger partial charge in [-0.25, -0.2) is 4.79 Å². The van der Waals surface area contributed by atoms with Crippen molar-refractivity contribution in [1.82, 2.24) is 15.1 Å². The fourth-order valence-corrected chi connectivity index (χ4v) is 2.00. The van der Waals surface area contributed by atoms with E-state index in [0.717, 1.165) is 23.6 Å². The molecular weight excluding hydrogens is 275 g/mol. The van der Waals surface area contributed by atoms with Gasteiger partial charge in [0.25, 0.3) is 0 Å². The van der Waals surface area contributed by atoms with E-state index in [2.05, 4.69) is 10.4 Å². The number of nitrogens with zero attached hydrogens (tertiary/aromatic N) is 2. The molecule has 0 aromatic carbocycles. The van der Waals surface area contributed by atoms with Crippen LogP contribution in [-0.4, -0.2) is 34.4 Å². The summed E-state index contributed by atoms with van der Waals surface area (Å²) in [6.07, 6.45) is -1.39. The highest BCUT2D eigenvalue weighted by atomic mass is 19.4. The molecule has 1 aromatic heterocycles. The SMILES string of the molecule is COC(=O)C(C)(Cn1ccc(C(F)(F)F)n1)NC1CC1. The molecule has 0 spiro atoms. The third kappa shape index (κ3) is 3.30. The maximum absolute atomic E-state index is 12.5. The van der Waals surface area contributed by atoms with Crippen LogP contribution in [0.25, 0.3) is 0 Å². The maximum atomic E-state index is 12.5. The molecule has 1 fully saturated rings. The first kappa shape index (κ1) is 14.8. The number of hydrogen-bond donors (Lipinski definition) is 1. The van der Waals surface area contributed by atoms with Gasteiger partial charge in [-0.2, -0.15) is 18.3 Å². The number of methoxy groups -OCH3 is 1. The molecule has 5 nitrogen and oxygen atoms in total. The van der Waals surface area contributed by atoms with Gasteiger partial charge in [0.15, 0.2) is 5.69 Å². The molecule has 1 unspecified atom stereocenters. The third-order valence-electron chi connectivity index (χ3n) is 3.15. The van der Waals surface area contributed by atoms with Gasteiger partial charge in [0.2, 0.25) is 0 Å². The lowest BCUT2D eigenvalue weighted by molar-refractivity contribution is -0.148. The van der Waals surface area contributed by atoms with Gasteiger partial charge in [-0.3, -0.25) is 10.00 Å². The van der Waals surface area contributed by atoms with Gasteiger partial charge in [0.1, 0.15) is 5.54 Å². The van der Waals surface area contributed by atoms with Crippen LogP contribution in [0.1, 0.15) is 25.5 Å². The second-order valence-electron chi connectivity index (χ2n) is 5.14. The molecule has 0 saturated heterocycles. The van der Waals surface area contributed by atoms with Crippen molar-refractivity contribution in [3.05, 3.63) is 18.0 Å². The van der Waals surface area contributed by atoms with Gasteiger partial charge in [-0.05, 0) is 25.8 Å². The summed E-state index contributed by atoms with van der Waals surface area (Å²) < 4.78 is 43.3. The summed E-state index contributed by atoms with van der Waals surface area (Å²) in [4.78, 5) is 11.9. The highest BCUT2D eigenvalue weighted by molar-refractivity contribution is 5.80. The third-order valence-corrected chi connectivity index (χ3v) is 3.15. The molecule has 1 N–H and O–H groups in total. The Hall–Kier alpha value is -1.57. The second-order valence-corrected chi connectivity index (χ2v) is 5.14. The number of nitrogens with one attached hydrogen (secondary N) is 1. The van der Waals surface area contributed by atoms with Crippen LogP contribution >= 0.6 is 0 Å². The highest BCUT2D eigenvalue weighted by Gasteiger charge is 2.41. The zero-order valence-corrected chi connectivity index (χ0v) is 11.2. The number of carbonyl (C=O) groups excluding carboxylic acids is 1. The molecule has 0 bridgehead atoms. The summed E-state index contributed by atoms with van der Waals surface area (Å²) in [6, 6.07) is 1.09. The van der Waals surface area contributed by atoms with Crippen molar-refractivity contribution in [3.63, 3.8) is 0 Å². The predicted octanol–water partition coefficient (Wildman–Crippen LogP) is 1.59. The van der Waals surface area contributed by atoms with Crippen LogP contribution in [0.2, 0.25) is 0 Å². The van der Waals surface area contributed by atoms with Gasteiger partial charge >= 0.3 is 12.1 Å². The number of carbonyl (C=O) groups is 1. The van der Waals surface area contributed by atoms with Gasteiger partial charge < -0.3 is 4.74 Å². The second kappa shape index (κ2) is 5.08. The van der Waals surface area contributed by atoms with Gasteiger partial charge in [-0.1, -0.05) is 0 Å². The molecule has 2 rings (SSSR count). The molecule has 1 atom stereocenters. The minimum absolute atomic E-state index is 0.0216. The lowest BCUT2D eigenvalue weighted by Gasteiger charge is -2.28. The molecule has 8 heteroatoms. The summed E-state index contributed by atoms with van der Waals surface area (Å²) in [7, 11) is 1.25. The molecule has 1 heterocycles. The maximum Gasteiger partial charge on any atom is 0.435 e. The van der Waals surface area contributed by atoms with Crippen molar-refractivity contribution in [1.29, 1.82) is 0 Å². The van der Waals surface area contributed by atoms with Gasteiger partial charge in [0.05, 0.1) is 13.7 Å². The van der Waals surface area contributed by atoms with Crippen LogP contribution in [0.3, 0.4) is 0 Å². The Labute approximate surface area is 114 Å². The average molecular weight is 291 g/mol. The van der Waals surface area contributed by atoms with E-state index in [1.165, 1.54) is 13.3 Å². The molecular formula is C12H16F3N3O2. The summed E-state index contributed by atoms with van der Waals surface area (Å²) in [5.41, 5.74) is -2.07. The Morgan fingerprint density at radius 3 is 2.65 bits per heavy atom. The molecule has 0 amide bonds. The summed E-state index contributed by atoms with van der Waals surface area (Å²) in [6.45, 7) is 1.58. The van der Waals surface area contributed by atoms with E-state index < -0.39 is 23.4 Å². The zero-order chi connectivity index (χ0) is 15.0. The van der Waals surface area contributed by atoms with E-state index in [4.69, 9.17) is 4.74 Å². The van der Waals surface area contributed by atoms with Crippen molar-refractivity contribution >= 4 is 5.97 Å². The van der Waals surface area contributed by atoms with Crippen LogP contribution in [0.4, 0.5) is 13.2 Å². The van der Waals surface area contributed by atoms with E-state index in [1.54, 1.807) is 6.92 Å². The first-order valence-corrected chi connectivity index (χ1v) is 6.21. The Morgan fingerprint density at radius 2 is 2.20 bits per heavy atom. The molecule has 0 radical (unpaired) electrons. The van der Waals surface area contributed by atoms with Gasteiger partial charge in [0, 0.05) is 12.2 Å². The van der Waals surface area contributed by atoms with E-state index in [-0.39, 0.29) is 12.6 Å². The molecule has 20 heavy (non-hydrogen) atoms. The van der Waals surface area contributed by atoms with Crippen LogP contribution in [-0.2, 0) is 22.3 Å². The minimum atomic E-state index is -4.49. The number of ether oxygens (including phenoxy) is 1. The Morgan fingerprint density at radius 1 is 1.55 bits per heavy atom. The summed E-state index contributed by atoms with van der Waals surface area (Å²) >= 11 is 0. The van der Waals surface area contributed by atoms with Crippen LogP contribution in [0.15, 0.2) is 12.3 Å². The van der Waals surface area contributed by atoms with Crippen molar-refractivity contribution in [3.8, 4) is 0 Å². The number of hydrogen-bond acceptors (Lipinski definition) is 4. The van der Waals surface area contributed by atoms with Crippen molar-refractivity contribution < 1.29 is 22.7 Å². The molecule has 1 aliphatic carbocycles. The van der Waals surface area contributed by atoms with E-state index >= 15 is 0 Å². The quantitative estimate of drug-likeness (QED) is 0.837. The topological polar surface area (TPSA) is 56.2 Å². The van der Waals surface area contributed by atoms with E-state index in [9.17, 15) is 18.0 Å². The first-order chi connectivity index (χ1) is 9.24. The normalized spacial score (nSPS) is 18.6. The number of aromatic nitrogens is 2. The van der Waals surface area contributed by atoms with Crippen LogP contribution in [0.5, 0.6) is 0 Å². The molecule has 112 valence electrons. The number of halogens is 3. The van der Waals surface area contributed by atoms with Crippen molar-refractivity contribution in [2.75, 3.05) is 7.11 Å². The number of esters is 1. The largest absolute Gasteiger partial charge is 0.468 e. The minimum Gasteiger partial charge on any atom is -0.468 e. The van der Waals surface area contributed by atoms with E-state index in [0.29, 0.717) is 0 Å². The molecule has 1 aromatic rings. The predicted molar refractivity (Wildman–Crippen MR) is 63.8 cm³/mol. The fourth-order valence-electron chi connectivity index (χ4n) is 2.00. The number of rotatable bonds is 5. The zero-order valence-electron chi connectivity index (χ0n) is 11.2. The molecule has 1 aliphatic rings. The Bertz CT molecular complexity index is 496. The summed E-state index contributed by atoms with van der Waals surface area (Å²) in [5, 5.41) is 6.55. The van der Waals surface area contributed by atoms with Gasteiger partial charge in [-0.15, -0.1) is 0 Å². The first-order valence-electron chi connectivity index (χ1n) is 6.21. The molecule has 1 saturated carbocycles. The number of alkyl halides is 3. The van der Waals surface area contributed by atoms with Crippen LogP contribution < -0.4 is 5.32 Å². The Kier molecular flexibility index (Phi) is 3.77. The van der Waals surface area contributed by atoms with E-state index in [1.807, 2.05) is 0 Å². The monoisotopic (exact) mass is 291 g/mol. The van der Waals surface area contributed by atoms with Crippen molar-refractivity contribution in [2.24, 2.45) is 0 Å². The van der Waals surface area contributed by atoms with Crippen molar-refractivity contribution in [2.45, 2.75) is 44.1 Å². The highest BCUT2D eigenvalue weighted by Crippen LogP contribution is 2.28. The fraction of sp³-hybridized carbons (Fsp3) is 0.667. The average Bonchev–Trinajstić information content (AvgIpc) is 3.02.